The van der Waals surface area contributed by atoms with Crippen LogP contribution in [0.4, 0.5) is 102 Å². The molecule has 6 nitrogen and oxygen atoms in total. The fourth-order valence-electron chi connectivity index (χ4n) is 10.7. The van der Waals surface area contributed by atoms with Crippen LogP contribution in [0.2, 0.25) is 0 Å². The summed E-state index contributed by atoms with van der Waals surface area (Å²) in [4.78, 5) is 13.9. The van der Waals surface area contributed by atoms with E-state index < -0.39 is 0 Å². The number of hydrogen-bond acceptors (Lipinski definition) is 6. The van der Waals surface area contributed by atoms with Crippen molar-refractivity contribution in [3.8, 4) is 0 Å². The SMILES string of the molecule is c1ccc(N2c3ccc(cc3)N(c3ccccc3)c3ccc(cc3)N(c3ccccc3)c3ccc(cc3)N(c3ccccc3)c3ccc(cc3)N(c3ccccc3)c3ccc(cc3)N(c3ccccc3)c3ccc2cc3)cc1. The molecule has 0 saturated heterocycles. The fourth-order valence-corrected chi connectivity index (χ4v) is 10.7. The Morgan fingerprint density at radius 3 is 0.256 bits per heavy atom. The Balaban J connectivity index is 0.980. The van der Waals surface area contributed by atoms with Gasteiger partial charge in [-0.25, -0.2) is 0 Å². The quantitative estimate of drug-likeness (QED) is 0.164. The van der Waals surface area contributed by atoms with E-state index in [1.165, 1.54) is 0 Å². The molecule has 78 heavy (non-hydrogen) atoms. The zero-order chi connectivity index (χ0) is 52.0. The normalized spacial score (nSPS) is 12.5. The summed E-state index contributed by atoms with van der Waals surface area (Å²) in [6.07, 6.45) is 0. The first-order valence-electron chi connectivity index (χ1n) is 26.4. The van der Waals surface area contributed by atoms with Gasteiger partial charge in [0.15, 0.2) is 0 Å². The van der Waals surface area contributed by atoms with Gasteiger partial charge in [-0.3, -0.25) is 0 Å². The first-order valence-corrected chi connectivity index (χ1v) is 26.4. The van der Waals surface area contributed by atoms with Crippen LogP contribution in [0.25, 0.3) is 0 Å². The molecule has 0 spiro atoms. The van der Waals surface area contributed by atoms with Gasteiger partial charge in [0.05, 0.1) is 0 Å². The number of hydrogen-bond donors (Lipinski definition) is 0. The summed E-state index contributed by atoms with van der Waals surface area (Å²) in [6, 6.07) is 117. The van der Waals surface area contributed by atoms with Crippen LogP contribution in [0.1, 0.15) is 0 Å². The summed E-state index contributed by atoms with van der Waals surface area (Å²) < 4.78 is 0. The van der Waals surface area contributed by atoms with Crippen molar-refractivity contribution < 1.29 is 0 Å². The minimum atomic E-state index is 1.05. The van der Waals surface area contributed by atoms with Crippen molar-refractivity contribution in [1.82, 2.24) is 0 Å². The van der Waals surface area contributed by atoms with E-state index in [9.17, 15) is 0 Å². The van der Waals surface area contributed by atoms with E-state index in [0.717, 1.165) is 102 Å². The lowest BCUT2D eigenvalue weighted by Gasteiger charge is -2.31. The Morgan fingerprint density at radius 1 is 0.0897 bits per heavy atom. The molecule has 12 bridgehead atoms. The molecule has 10 heterocycles. The Labute approximate surface area is 457 Å². The summed E-state index contributed by atoms with van der Waals surface area (Å²) in [6.45, 7) is 0. The third-order valence-corrected chi connectivity index (χ3v) is 14.3. The molecule has 372 valence electrons. The summed E-state index contributed by atoms with van der Waals surface area (Å²) >= 11 is 0. The predicted octanol–water partition coefficient (Wildman–Crippen LogP) is 20.8. The van der Waals surface area contributed by atoms with Crippen molar-refractivity contribution in [1.29, 1.82) is 0 Å². The molecule has 0 saturated carbocycles. The Bertz CT molecular complexity index is 3040. The molecule has 6 heteroatoms. The van der Waals surface area contributed by atoms with Crippen LogP contribution in [0.5, 0.6) is 0 Å². The second-order valence-electron chi connectivity index (χ2n) is 19.1. The smallest absolute Gasteiger partial charge is 0.0463 e. The minimum Gasteiger partial charge on any atom is -0.311 e. The number of nitrogens with zero attached hydrogens (tertiary/aromatic N) is 6. The predicted molar refractivity (Wildman–Crippen MR) is 328 cm³/mol. The highest BCUT2D eigenvalue weighted by Gasteiger charge is 2.22. The summed E-state index contributed by atoms with van der Waals surface area (Å²) in [7, 11) is 0. The number of rotatable bonds is 6. The second kappa shape index (κ2) is 21.4. The van der Waals surface area contributed by atoms with Gasteiger partial charge in [0.1, 0.15) is 0 Å². The van der Waals surface area contributed by atoms with Crippen molar-refractivity contribution >= 4 is 102 Å². The highest BCUT2D eigenvalue weighted by Crippen LogP contribution is 2.45. The molecule has 12 aromatic rings. The second-order valence-corrected chi connectivity index (χ2v) is 19.1. The molecule has 12 aromatic carbocycles. The van der Waals surface area contributed by atoms with E-state index in [2.05, 4.69) is 357 Å². The molecule has 22 rings (SSSR count). The lowest BCUT2D eigenvalue weighted by molar-refractivity contribution is 1.23. The average molecular weight is 1000 g/mol. The van der Waals surface area contributed by atoms with Crippen molar-refractivity contribution in [3.63, 3.8) is 0 Å². The van der Waals surface area contributed by atoms with Crippen LogP contribution < -0.4 is 29.4 Å². The Hall–Kier alpha value is -10.6. The van der Waals surface area contributed by atoms with Gasteiger partial charge in [-0.05, 0) is 218 Å². The lowest BCUT2D eigenvalue weighted by atomic mass is 10.1. The molecule has 0 amide bonds. The highest BCUT2D eigenvalue weighted by atomic mass is 15.2. The fraction of sp³-hybridized carbons (Fsp3) is 0. The van der Waals surface area contributed by atoms with Crippen LogP contribution in [0, 0.1) is 0 Å². The molecule has 0 radical (unpaired) electrons. The molecule has 0 unspecified atom stereocenters. The van der Waals surface area contributed by atoms with Gasteiger partial charge in [-0.2, -0.15) is 0 Å². The maximum absolute atomic E-state index is 2.32. The molecule has 10 aliphatic rings. The Morgan fingerprint density at radius 2 is 0.167 bits per heavy atom. The van der Waals surface area contributed by atoms with E-state index in [4.69, 9.17) is 0 Å². The van der Waals surface area contributed by atoms with Crippen molar-refractivity contribution in [2.24, 2.45) is 0 Å². The van der Waals surface area contributed by atoms with Gasteiger partial charge >= 0.3 is 0 Å². The van der Waals surface area contributed by atoms with Crippen molar-refractivity contribution in [2.45, 2.75) is 0 Å². The molecular weight excluding hydrogens is 949 g/mol. The zero-order valence-electron chi connectivity index (χ0n) is 42.9. The van der Waals surface area contributed by atoms with Gasteiger partial charge in [-0.1, -0.05) is 109 Å². The van der Waals surface area contributed by atoms with Crippen LogP contribution in [0.15, 0.2) is 328 Å². The van der Waals surface area contributed by atoms with Crippen LogP contribution >= 0.6 is 0 Å². The van der Waals surface area contributed by atoms with E-state index in [1.54, 1.807) is 0 Å². The largest absolute Gasteiger partial charge is 0.311 e. The molecule has 0 atom stereocenters. The summed E-state index contributed by atoms with van der Waals surface area (Å²) in [5, 5.41) is 0. The zero-order valence-corrected chi connectivity index (χ0v) is 42.9. The third-order valence-electron chi connectivity index (χ3n) is 14.3. The van der Waals surface area contributed by atoms with E-state index in [0.29, 0.717) is 0 Å². The number of anilines is 18. The van der Waals surface area contributed by atoms with E-state index in [-0.39, 0.29) is 0 Å². The minimum absolute atomic E-state index is 1.05. The monoisotopic (exact) mass is 1000 g/mol. The number of para-hydroxylation sites is 6. The maximum atomic E-state index is 2.32. The molecule has 0 fully saturated rings. The molecular formula is C72H54N6. The topological polar surface area (TPSA) is 19.4 Å². The molecule has 10 aliphatic heterocycles. The van der Waals surface area contributed by atoms with Crippen molar-refractivity contribution in [2.75, 3.05) is 29.4 Å². The van der Waals surface area contributed by atoms with E-state index in [1.807, 2.05) is 0 Å². The lowest BCUT2D eigenvalue weighted by Crippen LogP contribution is -2.14. The van der Waals surface area contributed by atoms with Gasteiger partial charge in [0.2, 0.25) is 0 Å². The van der Waals surface area contributed by atoms with E-state index >= 15 is 0 Å². The van der Waals surface area contributed by atoms with Crippen LogP contribution in [-0.2, 0) is 0 Å². The first-order chi connectivity index (χ1) is 38.7. The van der Waals surface area contributed by atoms with Gasteiger partial charge in [-0.15, -0.1) is 0 Å². The third kappa shape index (κ3) is 9.47. The Kier molecular flexibility index (Phi) is 12.9. The standard InChI is InChI=1S/C72H54N6/c1-7-19-55(20-8-1)73-61-31-35-63(36-32-61)74(56-21-9-2-10-22-56)65-39-43-67(44-40-65)76(58-25-13-4-14-26-58)69-47-51-71(52-48-69)78(60-29-17-6-18-30-60)72-53-49-70(50-54-72)77(59-27-15-5-16-28-59)68-45-41-66(42-46-68)75(57-23-11-3-12-24-57)64-37-33-62(73)34-38-64/h1-54H. The molecule has 0 N–H and O–H groups in total. The first kappa shape index (κ1) is 47.2. The van der Waals surface area contributed by atoms with Gasteiger partial charge in [0, 0.05) is 102 Å². The number of benzene rings is 12. The highest BCUT2D eigenvalue weighted by molar-refractivity contribution is 5.87. The van der Waals surface area contributed by atoms with Gasteiger partial charge in [0.25, 0.3) is 0 Å². The molecule has 0 aliphatic carbocycles. The summed E-state index contributed by atoms with van der Waals surface area (Å²) in [5.41, 5.74) is 19.0. The summed E-state index contributed by atoms with van der Waals surface area (Å²) in [5.74, 6) is 0. The van der Waals surface area contributed by atoms with Crippen LogP contribution in [0.3, 0.4) is 0 Å². The maximum Gasteiger partial charge on any atom is 0.0463 e. The van der Waals surface area contributed by atoms with Crippen LogP contribution in [-0.4, -0.2) is 0 Å². The average Bonchev–Trinajstić information content (AvgIpc) is 3.53. The van der Waals surface area contributed by atoms with Gasteiger partial charge < -0.3 is 29.4 Å². The molecule has 0 aromatic heterocycles. The van der Waals surface area contributed by atoms with Crippen molar-refractivity contribution in [3.05, 3.63) is 328 Å².